The summed E-state index contributed by atoms with van der Waals surface area (Å²) in [5.74, 6) is -0.104. The van der Waals surface area contributed by atoms with E-state index in [1.807, 2.05) is 0 Å². The molecule has 25 heavy (non-hydrogen) atoms. The molecule has 6 heteroatoms. The Morgan fingerprint density at radius 3 is 2.52 bits per heavy atom. The summed E-state index contributed by atoms with van der Waals surface area (Å²) in [4.78, 5) is 12.3. The van der Waals surface area contributed by atoms with Crippen molar-refractivity contribution in [3.05, 3.63) is 70.3 Å². The molecule has 3 nitrogen and oxygen atoms in total. The number of carbonyl (C=O) groups is 1. The van der Waals surface area contributed by atoms with Gasteiger partial charge < -0.3 is 9.84 Å². The van der Waals surface area contributed by atoms with Gasteiger partial charge in [0.1, 0.15) is 5.75 Å². The fourth-order valence-electron chi connectivity index (χ4n) is 2.36. The summed E-state index contributed by atoms with van der Waals surface area (Å²) >= 11 is 0. The second-order valence-electron chi connectivity index (χ2n) is 5.46. The van der Waals surface area contributed by atoms with Crippen molar-refractivity contribution in [2.45, 2.75) is 19.7 Å². The Bertz CT molecular complexity index is 808. The molecule has 0 aliphatic heterocycles. The van der Waals surface area contributed by atoms with E-state index in [1.54, 1.807) is 12.1 Å². The first kappa shape index (κ1) is 18.7. The van der Waals surface area contributed by atoms with E-state index in [0.29, 0.717) is 11.3 Å². The number of carbonyl (C=O) groups excluding carboxylic acids is 1. The molecule has 0 heterocycles. The highest BCUT2D eigenvalue weighted by Gasteiger charge is 2.32. The number of hydrogen-bond acceptors (Lipinski definition) is 3. The van der Waals surface area contributed by atoms with Gasteiger partial charge in [0.25, 0.3) is 0 Å². The zero-order chi connectivity index (χ0) is 18.6. The number of ketones is 1. The normalized spacial score (nSPS) is 11.8. The van der Waals surface area contributed by atoms with Gasteiger partial charge in [-0.3, -0.25) is 4.79 Å². The van der Waals surface area contributed by atoms with Crippen LogP contribution in [0.4, 0.5) is 13.2 Å². The number of aryl methyl sites for hydroxylation is 1. The minimum atomic E-state index is -4.45. The van der Waals surface area contributed by atoms with Crippen LogP contribution in [-0.2, 0) is 12.8 Å². The molecule has 0 fully saturated rings. The second-order valence-corrected chi connectivity index (χ2v) is 5.46. The lowest BCUT2D eigenvalue weighted by molar-refractivity contribution is -0.138. The molecule has 0 amide bonds. The maximum absolute atomic E-state index is 12.9. The van der Waals surface area contributed by atoms with E-state index in [1.165, 1.54) is 44.4 Å². The van der Waals surface area contributed by atoms with Crippen LogP contribution in [0, 0.1) is 6.92 Å². The molecule has 132 valence electrons. The molecule has 2 aromatic carbocycles. The van der Waals surface area contributed by atoms with Crippen molar-refractivity contribution < 1.29 is 27.8 Å². The SMILES string of the molecule is COc1ccc(CO)cc1C(=O)/C=C/c1ccc(C)c(C(F)(F)F)c1. The average molecular weight is 350 g/mol. The molecule has 1 N–H and O–H groups in total. The number of ether oxygens (including phenoxy) is 1. The first-order chi connectivity index (χ1) is 11.8. The number of aliphatic hydroxyl groups is 1. The van der Waals surface area contributed by atoms with Crippen molar-refractivity contribution in [3.8, 4) is 5.75 Å². The molecule has 0 radical (unpaired) electrons. The number of benzene rings is 2. The lowest BCUT2D eigenvalue weighted by Crippen LogP contribution is -2.07. The maximum atomic E-state index is 12.9. The summed E-state index contributed by atoms with van der Waals surface area (Å²) in [6.07, 6.45) is -1.94. The second kappa shape index (κ2) is 7.53. The fraction of sp³-hybridized carbons (Fsp3) is 0.211. The van der Waals surface area contributed by atoms with Crippen LogP contribution in [0.1, 0.15) is 32.6 Å². The Hall–Kier alpha value is -2.60. The molecule has 0 aliphatic carbocycles. The third-order valence-corrected chi connectivity index (χ3v) is 3.71. The Labute approximate surface area is 143 Å². The standard InChI is InChI=1S/C19H17F3O3/c1-12-3-4-13(10-16(12)19(20,21)22)5-7-17(24)15-9-14(11-23)6-8-18(15)25-2/h3-10,23H,11H2,1-2H3/b7-5+. The molecule has 2 rings (SSSR count). The highest BCUT2D eigenvalue weighted by molar-refractivity contribution is 6.08. The van der Waals surface area contributed by atoms with Gasteiger partial charge in [0.15, 0.2) is 5.78 Å². The van der Waals surface area contributed by atoms with E-state index in [0.717, 1.165) is 6.07 Å². The van der Waals surface area contributed by atoms with Crippen LogP contribution in [0.25, 0.3) is 6.08 Å². The monoisotopic (exact) mass is 350 g/mol. The van der Waals surface area contributed by atoms with Crippen LogP contribution in [-0.4, -0.2) is 18.0 Å². The minimum absolute atomic E-state index is 0.119. The van der Waals surface area contributed by atoms with Crippen molar-refractivity contribution in [2.75, 3.05) is 7.11 Å². The van der Waals surface area contributed by atoms with E-state index >= 15 is 0 Å². The maximum Gasteiger partial charge on any atom is 0.416 e. The molecule has 2 aromatic rings. The van der Waals surface area contributed by atoms with Gasteiger partial charge in [0, 0.05) is 0 Å². The predicted molar refractivity (Wildman–Crippen MR) is 88.5 cm³/mol. The van der Waals surface area contributed by atoms with Gasteiger partial charge in [-0.25, -0.2) is 0 Å². The third-order valence-electron chi connectivity index (χ3n) is 3.71. The molecule has 0 aliphatic rings. The van der Waals surface area contributed by atoms with E-state index < -0.39 is 17.5 Å². The Balaban J connectivity index is 2.32. The number of aliphatic hydroxyl groups excluding tert-OH is 1. The summed E-state index contributed by atoms with van der Waals surface area (Å²) < 4.78 is 43.9. The topological polar surface area (TPSA) is 46.5 Å². The zero-order valence-electron chi connectivity index (χ0n) is 13.7. The zero-order valence-corrected chi connectivity index (χ0v) is 13.7. The summed E-state index contributed by atoms with van der Waals surface area (Å²) in [5.41, 5.74) is 0.416. The number of alkyl halides is 3. The van der Waals surface area contributed by atoms with Gasteiger partial charge in [-0.1, -0.05) is 24.3 Å². The number of halogens is 3. The molecular weight excluding hydrogens is 333 g/mol. The molecule has 0 saturated heterocycles. The lowest BCUT2D eigenvalue weighted by atomic mass is 10.0. The van der Waals surface area contributed by atoms with Crippen LogP contribution in [0.15, 0.2) is 42.5 Å². The molecule has 0 spiro atoms. The van der Waals surface area contributed by atoms with Gasteiger partial charge in [0.2, 0.25) is 0 Å². The van der Waals surface area contributed by atoms with Crippen LogP contribution < -0.4 is 4.74 Å². The Morgan fingerprint density at radius 2 is 1.92 bits per heavy atom. The van der Waals surface area contributed by atoms with Gasteiger partial charge in [-0.05, 0) is 47.9 Å². The average Bonchev–Trinajstić information content (AvgIpc) is 2.59. The minimum Gasteiger partial charge on any atom is -0.496 e. The van der Waals surface area contributed by atoms with E-state index in [4.69, 9.17) is 4.74 Å². The molecular formula is C19H17F3O3. The summed E-state index contributed by atoms with van der Waals surface area (Å²) in [6.45, 7) is 1.15. The Kier molecular flexibility index (Phi) is 5.64. The van der Waals surface area contributed by atoms with Crippen molar-refractivity contribution in [3.63, 3.8) is 0 Å². The highest BCUT2D eigenvalue weighted by atomic mass is 19.4. The molecule has 0 atom stereocenters. The van der Waals surface area contributed by atoms with Gasteiger partial charge in [-0.15, -0.1) is 0 Å². The highest BCUT2D eigenvalue weighted by Crippen LogP contribution is 2.32. The molecule has 0 aromatic heterocycles. The molecule has 0 saturated carbocycles. The van der Waals surface area contributed by atoms with E-state index in [9.17, 15) is 23.1 Å². The van der Waals surface area contributed by atoms with Crippen molar-refractivity contribution in [1.29, 1.82) is 0 Å². The smallest absolute Gasteiger partial charge is 0.416 e. The first-order valence-corrected chi connectivity index (χ1v) is 7.44. The summed E-state index contributed by atoms with van der Waals surface area (Å²) in [7, 11) is 1.41. The van der Waals surface area contributed by atoms with E-state index in [-0.39, 0.29) is 23.3 Å². The van der Waals surface area contributed by atoms with Crippen LogP contribution in [0.5, 0.6) is 5.75 Å². The largest absolute Gasteiger partial charge is 0.496 e. The number of rotatable bonds is 5. The van der Waals surface area contributed by atoms with Crippen LogP contribution in [0.2, 0.25) is 0 Å². The Morgan fingerprint density at radius 1 is 1.20 bits per heavy atom. The third kappa shape index (κ3) is 4.48. The summed E-state index contributed by atoms with van der Waals surface area (Å²) in [6, 6.07) is 8.53. The quantitative estimate of drug-likeness (QED) is 0.642. The van der Waals surface area contributed by atoms with Crippen LogP contribution >= 0.6 is 0 Å². The molecule has 0 bridgehead atoms. The lowest BCUT2D eigenvalue weighted by Gasteiger charge is -2.10. The van der Waals surface area contributed by atoms with Gasteiger partial charge in [-0.2, -0.15) is 13.2 Å². The van der Waals surface area contributed by atoms with Crippen molar-refractivity contribution in [2.24, 2.45) is 0 Å². The van der Waals surface area contributed by atoms with Gasteiger partial charge in [0.05, 0.1) is 24.8 Å². The van der Waals surface area contributed by atoms with Crippen LogP contribution in [0.3, 0.4) is 0 Å². The number of hydrogen-bond donors (Lipinski definition) is 1. The number of allylic oxidation sites excluding steroid dienone is 1. The van der Waals surface area contributed by atoms with Gasteiger partial charge >= 0.3 is 6.18 Å². The fourth-order valence-corrected chi connectivity index (χ4v) is 2.36. The van der Waals surface area contributed by atoms with Crippen molar-refractivity contribution >= 4 is 11.9 Å². The van der Waals surface area contributed by atoms with E-state index in [2.05, 4.69) is 0 Å². The first-order valence-electron chi connectivity index (χ1n) is 7.44. The van der Waals surface area contributed by atoms with Crippen molar-refractivity contribution in [1.82, 2.24) is 0 Å². The number of methoxy groups -OCH3 is 1. The molecule has 0 unspecified atom stereocenters. The predicted octanol–water partition coefficient (Wildman–Crippen LogP) is 4.41. The summed E-state index contributed by atoms with van der Waals surface area (Å²) in [5, 5.41) is 9.17.